The average Bonchev–Trinajstić information content (AvgIpc) is 2.36. The lowest BCUT2D eigenvalue weighted by Gasteiger charge is -2.29. The molecule has 1 aliphatic rings. The van der Waals surface area contributed by atoms with Gasteiger partial charge >= 0.3 is 0 Å². The summed E-state index contributed by atoms with van der Waals surface area (Å²) in [6, 6.07) is 6.44. The second-order valence-corrected chi connectivity index (χ2v) is 4.57. The lowest BCUT2D eigenvalue weighted by Crippen LogP contribution is -2.45. The molecule has 5 heteroatoms. The van der Waals surface area contributed by atoms with Crippen LogP contribution in [-0.2, 0) is 4.79 Å². The summed E-state index contributed by atoms with van der Waals surface area (Å²) in [4.78, 5) is 28.7. The molecule has 2 aromatic rings. The van der Waals surface area contributed by atoms with Gasteiger partial charge in [0.15, 0.2) is 0 Å². The van der Waals surface area contributed by atoms with Crippen LogP contribution in [0.1, 0.15) is 31.8 Å². The third-order valence-corrected chi connectivity index (χ3v) is 3.35. The number of hydrogen-bond acceptors (Lipinski definition) is 3. The molecule has 1 aromatic heterocycles. The Morgan fingerprint density at radius 1 is 1.22 bits per heavy atom. The quantitative estimate of drug-likeness (QED) is 0.754. The summed E-state index contributed by atoms with van der Waals surface area (Å²) >= 11 is 0. The number of para-hydroxylation sites is 1. The number of carbonyl (C=O) groups excluding carboxylic acids is 1. The van der Waals surface area contributed by atoms with Gasteiger partial charge in [-0.3, -0.25) is 14.2 Å². The van der Waals surface area contributed by atoms with Crippen LogP contribution in [0.2, 0.25) is 0 Å². The third kappa shape index (κ3) is 1.37. The number of fused-ring (bicyclic) bond motifs is 2. The van der Waals surface area contributed by atoms with E-state index in [1.54, 1.807) is 19.1 Å². The second-order valence-electron chi connectivity index (χ2n) is 4.57. The first-order valence-corrected chi connectivity index (χ1v) is 5.91. The van der Waals surface area contributed by atoms with E-state index in [0.29, 0.717) is 16.7 Å². The smallest absolute Gasteiger partial charge is 0.262 e. The molecule has 0 saturated carbocycles. The molecule has 18 heavy (non-hydrogen) atoms. The highest BCUT2D eigenvalue weighted by molar-refractivity contribution is 5.83. The highest BCUT2D eigenvalue weighted by Crippen LogP contribution is 2.21. The van der Waals surface area contributed by atoms with Crippen LogP contribution >= 0.6 is 0 Å². The molecule has 0 saturated heterocycles. The fourth-order valence-corrected chi connectivity index (χ4v) is 2.36. The summed E-state index contributed by atoms with van der Waals surface area (Å²) in [6.07, 6.45) is 0. The topological polar surface area (TPSA) is 64.0 Å². The first kappa shape index (κ1) is 11.0. The summed E-state index contributed by atoms with van der Waals surface area (Å²) < 4.78 is 1.49. The Bertz CT molecular complexity index is 705. The van der Waals surface area contributed by atoms with Crippen LogP contribution in [0.25, 0.3) is 10.9 Å². The predicted octanol–water partition coefficient (Wildman–Crippen LogP) is 1.15. The van der Waals surface area contributed by atoms with Crippen molar-refractivity contribution < 1.29 is 4.79 Å². The maximum absolute atomic E-state index is 12.4. The van der Waals surface area contributed by atoms with Crippen LogP contribution in [0.3, 0.4) is 0 Å². The SMILES string of the molecule is C[C@H]1NC(=O)[C@H](C)n2c1nc1ccccc1c2=O. The Labute approximate surface area is 103 Å². The van der Waals surface area contributed by atoms with Crippen molar-refractivity contribution >= 4 is 16.8 Å². The molecule has 1 aromatic carbocycles. The molecule has 0 unspecified atom stereocenters. The van der Waals surface area contributed by atoms with E-state index in [2.05, 4.69) is 10.3 Å². The lowest BCUT2D eigenvalue weighted by molar-refractivity contribution is -0.125. The molecular weight excluding hydrogens is 230 g/mol. The maximum Gasteiger partial charge on any atom is 0.262 e. The number of hydrogen-bond donors (Lipinski definition) is 1. The van der Waals surface area contributed by atoms with E-state index in [1.165, 1.54) is 4.57 Å². The number of rotatable bonds is 0. The van der Waals surface area contributed by atoms with Crippen LogP contribution in [-0.4, -0.2) is 15.5 Å². The van der Waals surface area contributed by atoms with Crippen molar-refractivity contribution in [1.82, 2.24) is 14.9 Å². The zero-order valence-electron chi connectivity index (χ0n) is 10.2. The predicted molar refractivity (Wildman–Crippen MR) is 67.3 cm³/mol. The number of amides is 1. The Balaban J connectivity index is 2.43. The first-order chi connectivity index (χ1) is 8.59. The van der Waals surface area contributed by atoms with E-state index in [0.717, 1.165) is 0 Å². The first-order valence-electron chi connectivity index (χ1n) is 5.91. The third-order valence-electron chi connectivity index (χ3n) is 3.35. The second kappa shape index (κ2) is 3.66. The summed E-state index contributed by atoms with van der Waals surface area (Å²) in [5.74, 6) is 0.472. The van der Waals surface area contributed by atoms with E-state index in [9.17, 15) is 9.59 Å². The van der Waals surface area contributed by atoms with Gasteiger partial charge < -0.3 is 5.32 Å². The van der Waals surface area contributed by atoms with Crippen molar-refractivity contribution in [3.8, 4) is 0 Å². The normalized spacial score (nSPS) is 22.7. The van der Waals surface area contributed by atoms with Gasteiger partial charge in [-0.05, 0) is 26.0 Å². The van der Waals surface area contributed by atoms with Crippen molar-refractivity contribution in [2.24, 2.45) is 0 Å². The minimum Gasteiger partial charge on any atom is -0.345 e. The van der Waals surface area contributed by atoms with Crippen molar-refractivity contribution in [2.45, 2.75) is 25.9 Å². The van der Waals surface area contributed by atoms with E-state index >= 15 is 0 Å². The lowest BCUT2D eigenvalue weighted by atomic mass is 10.1. The molecule has 92 valence electrons. The maximum atomic E-state index is 12.4. The van der Waals surface area contributed by atoms with Gasteiger partial charge in [-0.25, -0.2) is 4.98 Å². The summed E-state index contributed by atoms with van der Waals surface area (Å²) in [5.41, 5.74) is 0.522. The zero-order chi connectivity index (χ0) is 12.9. The van der Waals surface area contributed by atoms with Gasteiger partial charge in [-0.2, -0.15) is 0 Å². The molecular formula is C13H13N3O2. The molecule has 2 atom stereocenters. The summed E-state index contributed by atoms with van der Waals surface area (Å²) in [5, 5.41) is 3.37. The molecule has 5 nitrogen and oxygen atoms in total. The highest BCUT2D eigenvalue weighted by Gasteiger charge is 2.30. The van der Waals surface area contributed by atoms with Crippen LogP contribution < -0.4 is 10.9 Å². The number of carbonyl (C=O) groups is 1. The van der Waals surface area contributed by atoms with Gasteiger partial charge in [-0.15, -0.1) is 0 Å². The van der Waals surface area contributed by atoms with Gasteiger partial charge in [0.05, 0.1) is 16.9 Å². The molecule has 1 N–H and O–H groups in total. The Morgan fingerprint density at radius 2 is 1.94 bits per heavy atom. The van der Waals surface area contributed by atoms with Crippen LogP contribution in [0, 0.1) is 0 Å². The zero-order valence-corrected chi connectivity index (χ0v) is 10.2. The molecule has 3 rings (SSSR count). The van der Waals surface area contributed by atoms with E-state index < -0.39 is 6.04 Å². The molecule has 0 bridgehead atoms. The Kier molecular flexibility index (Phi) is 2.23. The van der Waals surface area contributed by atoms with Crippen LogP contribution in [0.5, 0.6) is 0 Å². The van der Waals surface area contributed by atoms with Gasteiger partial charge in [0.2, 0.25) is 5.91 Å². The largest absolute Gasteiger partial charge is 0.345 e. The minimum absolute atomic E-state index is 0.144. The van der Waals surface area contributed by atoms with Crippen molar-refractivity contribution in [2.75, 3.05) is 0 Å². The summed E-state index contributed by atoms with van der Waals surface area (Å²) in [6.45, 7) is 3.54. The fraction of sp³-hybridized carbons (Fsp3) is 0.308. The fourth-order valence-electron chi connectivity index (χ4n) is 2.36. The van der Waals surface area contributed by atoms with Crippen molar-refractivity contribution in [3.63, 3.8) is 0 Å². The van der Waals surface area contributed by atoms with E-state index in [1.807, 2.05) is 19.1 Å². The number of aromatic nitrogens is 2. The number of nitrogens with one attached hydrogen (secondary N) is 1. The minimum atomic E-state index is -0.513. The van der Waals surface area contributed by atoms with Crippen molar-refractivity contribution in [3.05, 3.63) is 40.4 Å². The number of benzene rings is 1. The molecule has 2 heterocycles. The molecule has 0 spiro atoms. The summed E-state index contributed by atoms with van der Waals surface area (Å²) in [7, 11) is 0. The molecule has 1 aliphatic heterocycles. The van der Waals surface area contributed by atoms with Gasteiger partial charge in [0.1, 0.15) is 11.9 Å². The van der Waals surface area contributed by atoms with E-state index in [4.69, 9.17) is 0 Å². The molecule has 0 fully saturated rings. The van der Waals surface area contributed by atoms with Crippen molar-refractivity contribution in [1.29, 1.82) is 0 Å². The molecule has 0 aliphatic carbocycles. The van der Waals surface area contributed by atoms with Crippen LogP contribution in [0.15, 0.2) is 29.1 Å². The molecule has 0 radical (unpaired) electrons. The monoisotopic (exact) mass is 243 g/mol. The van der Waals surface area contributed by atoms with Gasteiger partial charge in [0.25, 0.3) is 5.56 Å². The van der Waals surface area contributed by atoms with Crippen LogP contribution in [0.4, 0.5) is 0 Å². The number of nitrogens with zero attached hydrogens (tertiary/aromatic N) is 2. The Hall–Kier alpha value is -2.17. The molecule has 1 amide bonds. The standard InChI is InChI=1S/C13H13N3O2/c1-7-11-15-10-6-4-3-5-9(10)13(18)16(11)8(2)12(17)14-7/h3-8H,1-2H3,(H,14,17)/t7-,8+/m1/s1. The Morgan fingerprint density at radius 3 is 2.72 bits per heavy atom. The van der Waals surface area contributed by atoms with Gasteiger partial charge in [0, 0.05) is 0 Å². The average molecular weight is 243 g/mol. The highest BCUT2D eigenvalue weighted by atomic mass is 16.2. The van der Waals surface area contributed by atoms with E-state index in [-0.39, 0.29) is 17.5 Å². The van der Waals surface area contributed by atoms with Gasteiger partial charge in [-0.1, -0.05) is 12.1 Å².